The fourth-order valence-electron chi connectivity index (χ4n) is 1.61. The number of amides is 2. The molecule has 6 heteroatoms. The molecule has 2 amide bonds. The van der Waals surface area contributed by atoms with Crippen LogP contribution in [0.15, 0.2) is 48.5 Å². The van der Waals surface area contributed by atoms with Crippen molar-refractivity contribution in [3.05, 3.63) is 59.9 Å². The molecule has 0 aliphatic rings. The van der Waals surface area contributed by atoms with Crippen LogP contribution in [0.5, 0.6) is 0 Å². The summed E-state index contributed by atoms with van der Waals surface area (Å²) in [5, 5.41) is 5.23. The molecule has 102 valence electrons. The smallest absolute Gasteiger partial charge is 0.323 e. The molecule has 2 aromatic rings. The molecule has 0 fully saturated rings. The van der Waals surface area contributed by atoms with E-state index in [0.29, 0.717) is 11.4 Å². The summed E-state index contributed by atoms with van der Waals surface area (Å²) in [4.78, 5) is 11.7. The zero-order chi connectivity index (χ0) is 14.5. The third-order valence-corrected chi connectivity index (χ3v) is 2.74. The molecule has 0 atom stereocenters. The number of nitrogens with one attached hydrogen (secondary N) is 2. The van der Waals surface area contributed by atoms with Crippen molar-refractivity contribution < 1.29 is 9.18 Å². The summed E-state index contributed by atoms with van der Waals surface area (Å²) in [6.45, 7) is 0. The van der Waals surface area contributed by atoms with Gasteiger partial charge in [-0.1, -0.05) is 30.4 Å². The van der Waals surface area contributed by atoms with Gasteiger partial charge in [0.2, 0.25) is 0 Å². The van der Waals surface area contributed by atoms with Gasteiger partial charge in [-0.3, -0.25) is 0 Å². The lowest BCUT2D eigenvalue weighted by Crippen LogP contribution is -2.20. The van der Waals surface area contributed by atoms with Gasteiger partial charge in [-0.05, 0) is 30.3 Å². The largest absolute Gasteiger partial charge is 0.389 e. The minimum atomic E-state index is -0.522. The van der Waals surface area contributed by atoms with Crippen LogP contribution in [-0.2, 0) is 0 Å². The first-order valence-corrected chi connectivity index (χ1v) is 6.19. The van der Waals surface area contributed by atoms with Crippen molar-refractivity contribution in [2.75, 3.05) is 10.6 Å². The Kier molecular flexibility index (Phi) is 4.27. The second-order valence-corrected chi connectivity index (χ2v) is 4.44. The van der Waals surface area contributed by atoms with Crippen molar-refractivity contribution in [2.45, 2.75) is 0 Å². The molecule has 4 nitrogen and oxygen atoms in total. The highest BCUT2D eigenvalue weighted by Gasteiger charge is 2.08. The Morgan fingerprint density at radius 1 is 1.05 bits per heavy atom. The van der Waals surface area contributed by atoms with E-state index >= 15 is 0 Å². The number of anilines is 2. The van der Waals surface area contributed by atoms with Gasteiger partial charge in [0.1, 0.15) is 10.8 Å². The van der Waals surface area contributed by atoms with Crippen molar-refractivity contribution in [1.82, 2.24) is 0 Å². The molecule has 0 unspecified atom stereocenters. The van der Waals surface area contributed by atoms with Gasteiger partial charge in [-0.15, -0.1) is 0 Å². The first-order chi connectivity index (χ1) is 9.56. The SMILES string of the molecule is NC(=S)c1cc(NC(=O)Nc2ccccc2)ccc1F. The van der Waals surface area contributed by atoms with Crippen LogP contribution in [0.4, 0.5) is 20.6 Å². The monoisotopic (exact) mass is 289 g/mol. The van der Waals surface area contributed by atoms with E-state index in [4.69, 9.17) is 18.0 Å². The van der Waals surface area contributed by atoms with E-state index in [2.05, 4.69) is 10.6 Å². The second kappa shape index (κ2) is 6.12. The number of benzene rings is 2. The predicted molar refractivity (Wildman–Crippen MR) is 81.4 cm³/mol. The molecular weight excluding hydrogens is 277 g/mol. The van der Waals surface area contributed by atoms with Crippen LogP contribution in [-0.4, -0.2) is 11.0 Å². The van der Waals surface area contributed by atoms with Crippen LogP contribution in [0, 0.1) is 5.82 Å². The van der Waals surface area contributed by atoms with Gasteiger partial charge in [-0.2, -0.15) is 0 Å². The fraction of sp³-hybridized carbons (Fsp3) is 0. The summed E-state index contributed by atoms with van der Waals surface area (Å²) in [6.07, 6.45) is 0. The Bertz CT molecular complexity index is 646. The standard InChI is InChI=1S/C14H12FN3OS/c15-12-7-6-10(8-11(12)13(16)20)18-14(19)17-9-4-2-1-3-5-9/h1-8H,(H2,16,20)(H2,17,18,19). The molecule has 0 radical (unpaired) electrons. The Balaban J connectivity index is 2.08. The van der Waals surface area contributed by atoms with Crippen molar-refractivity contribution >= 4 is 34.6 Å². The molecule has 0 saturated heterocycles. The first-order valence-electron chi connectivity index (χ1n) is 5.78. The summed E-state index contributed by atoms with van der Waals surface area (Å²) >= 11 is 4.74. The number of halogens is 1. The molecule has 0 spiro atoms. The van der Waals surface area contributed by atoms with E-state index in [-0.39, 0.29) is 10.6 Å². The van der Waals surface area contributed by atoms with Crippen LogP contribution in [0.2, 0.25) is 0 Å². The van der Waals surface area contributed by atoms with Crippen molar-refractivity contribution in [2.24, 2.45) is 5.73 Å². The lowest BCUT2D eigenvalue weighted by atomic mass is 10.2. The van der Waals surface area contributed by atoms with E-state index in [0.717, 1.165) is 0 Å². The highest BCUT2D eigenvalue weighted by Crippen LogP contribution is 2.15. The number of carbonyl (C=O) groups is 1. The van der Waals surface area contributed by atoms with E-state index in [1.807, 2.05) is 6.07 Å². The lowest BCUT2D eigenvalue weighted by molar-refractivity contribution is 0.262. The van der Waals surface area contributed by atoms with Crippen molar-refractivity contribution in [3.63, 3.8) is 0 Å². The van der Waals surface area contributed by atoms with Gasteiger partial charge in [0.05, 0.1) is 0 Å². The molecule has 2 aromatic carbocycles. The zero-order valence-electron chi connectivity index (χ0n) is 10.4. The third-order valence-electron chi connectivity index (χ3n) is 2.52. The first kappa shape index (κ1) is 14.0. The summed E-state index contributed by atoms with van der Waals surface area (Å²) in [5.74, 6) is -0.522. The molecule has 2 rings (SSSR count). The molecule has 0 aliphatic carbocycles. The average molecular weight is 289 g/mol. The maximum Gasteiger partial charge on any atom is 0.323 e. The summed E-state index contributed by atoms with van der Waals surface area (Å²) in [7, 11) is 0. The van der Waals surface area contributed by atoms with Gasteiger partial charge in [0.25, 0.3) is 0 Å². The number of carbonyl (C=O) groups excluding carboxylic acids is 1. The van der Waals surface area contributed by atoms with Crippen LogP contribution in [0.3, 0.4) is 0 Å². The number of rotatable bonds is 3. The Labute approximate surface area is 120 Å². The highest BCUT2D eigenvalue weighted by atomic mass is 32.1. The molecule has 0 saturated carbocycles. The van der Waals surface area contributed by atoms with E-state index in [9.17, 15) is 9.18 Å². The molecule has 0 aliphatic heterocycles. The third kappa shape index (κ3) is 3.52. The fourth-order valence-corrected chi connectivity index (χ4v) is 1.76. The van der Waals surface area contributed by atoms with Crippen molar-refractivity contribution in [3.8, 4) is 0 Å². The van der Waals surface area contributed by atoms with Crippen LogP contribution in [0.25, 0.3) is 0 Å². The number of para-hydroxylation sites is 1. The molecule has 0 bridgehead atoms. The normalized spacial score (nSPS) is 9.85. The van der Waals surface area contributed by atoms with Gasteiger partial charge < -0.3 is 16.4 Å². The Morgan fingerprint density at radius 2 is 1.70 bits per heavy atom. The number of hydrogen-bond donors (Lipinski definition) is 3. The van der Waals surface area contributed by atoms with Crippen LogP contribution < -0.4 is 16.4 Å². The molecule has 0 aromatic heterocycles. The van der Waals surface area contributed by atoms with Gasteiger partial charge in [0.15, 0.2) is 0 Å². The quantitative estimate of drug-likeness (QED) is 0.761. The number of hydrogen-bond acceptors (Lipinski definition) is 2. The molecule has 0 heterocycles. The van der Waals surface area contributed by atoms with Gasteiger partial charge >= 0.3 is 6.03 Å². The minimum Gasteiger partial charge on any atom is -0.389 e. The highest BCUT2D eigenvalue weighted by molar-refractivity contribution is 7.80. The second-order valence-electron chi connectivity index (χ2n) is 4.00. The van der Waals surface area contributed by atoms with Gasteiger partial charge in [-0.25, -0.2) is 9.18 Å². The average Bonchev–Trinajstić information content (AvgIpc) is 2.41. The molecule has 4 N–H and O–H groups in total. The Morgan fingerprint density at radius 3 is 2.35 bits per heavy atom. The summed E-state index contributed by atoms with van der Waals surface area (Å²) in [5.41, 5.74) is 6.56. The summed E-state index contributed by atoms with van der Waals surface area (Å²) in [6, 6.07) is 12.6. The summed E-state index contributed by atoms with van der Waals surface area (Å²) < 4.78 is 13.4. The van der Waals surface area contributed by atoms with Crippen LogP contribution >= 0.6 is 12.2 Å². The minimum absolute atomic E-state index is 0.0605. The van der Waals surface area contributed by atoms with Gasteiger partial charge in [0, 0.05) is 16.9 Å². The topological polar surface area (TPSA) is 67.1 Å². The lowest BCUT2D eigenvalue weighted by Gasteiger charge is -2.09. The molecular formula is C14H12FN3OS. The van der Waals surface area contributed by atoms with Crippen LogP contribution in [0.1, 0.15) is 5.56 Å². The van der Waals surface area contributed by atoms with E-state index in [1.165, 1.54) is 18.2 Å². The number of nitrogens with two attached hydrogens (primary N) is 1. The maximum atomic E-state index is 13.4. The van der Waals surface area contributed by atoms with Crippen molar-refractivity contribution in [1.29, 1.82) is 0 Å². The van der Waals surface area contributed by atoms with E-state index in [1.54, 1.807) is 24.3 Å². The predicted octanol–water partition coefficient (Wildman–Crippen LogP) is 3.10. The maximum absolute atomic E-state index is 13.4. The zero-order valence-corrected chi connectivity index (χ0v) is 11.2. The Hall–Kier alpha value is -2.47. The number of thiocarbonyl (C=S) groups is 1. The molecule has 20 heavy (non-hydrogen) atoms. The number of urea groups is 1. The van der Waals surface area contributed by atoms with E-state index < -0.39 is 11.8 Å².